The number of hydrogen-bond acceptors (Lipinski definition) is 2. The molecule has 1 rings (SSSR count). The smallest absolute Gasteiger partial charge is 0.315 e. The number of hydrogen-bond donors (Lipinski definition) is 3. The Morgan fingerprint density at radius 1 is 1.30 bits per heavy atom. The van der Waals surface area contributed by atoms with Crippen LogP contribution in [0.25, 0.3) is 0 Å². The molecule has 1 aromatic carbocycles. The second-order valence-corrected chi connectivity index (χ2v) is 5.23. The van der Waals surface area contributed by atoms with Gasteiger partial charge in [-0.2, -0.15) is 0 Å². The normalized spacial score (nSPS) is 11.9. The molecule has 3 N–H and O–H groups in total. The zero-order valence-corrected chi connectivity index (χ0v) is 12.6. The quantitative estimate of drug-likeness (QED) is 0.691. The van der Waals surface area contributed by atoms with Gasteiger partial charge in [-0.1, -0.05) is 43.1 Å². The van der Waals surface area contributed by atoms with Crippen LogP contribution < -0.4 is 10.6 Å². The highest BCUT2D eigenvalue weighted by Crippen LogP contribution is 2.14. The Bertz CT molecular complexity index is 407. The van der Waals surface area contributed by atoms with Crippen LogP contribution in [0.2, 0.25) is 5.02 Å². The molecule has 0 saturated carbocycles. The Balaban J connectivity index is 2.31. The van der Waals surface area contributed by atoms with Crippen molar-refractivity contribution in [3.8, 4) is 0 Å². The minimum atomic E-state index is -0.205. The van der Waals surface area contributed by atoms with Gasteiger partial charge < -0.3 is 15.7 Å². The van der Waals surface area contributed by atoms with Crippen molar-refractivity contribution in [3.63, 3.8) is 0 Å². The predicted octanol–water partition coefficient (Wildman–Crippen LogP) is 2.94. The van der Waals surface area contributed by atoms with Crippen LogP contribution in [0.3, 0.4) is 0 Å². The van der Waals surface area contributed by atoms with Crippen LogP contribution in [0.1, 0.15) is 31.7 Å². The van der Waals surface area contributed by atoms with Crippen LogP contribution in [0.4, 0.5) is 4.79 Å². The Hall–Kier alpha value is -1.26. The topological polar surface area (TPSA) is 61.4 Å². The maximum atomic E-state index is 11.7. The molecule has 5 heteroatoms. The van der Waals surface area contributed by atoms with Gasteiger partial charge >= 0.3 is 6.03 Å². The molecule has 112 valence electrons. The first kappa shape index (κ1) is 16.8. The van der Waals surface area contributed by atoms with Crippen LogP contribution in [-0.4, -0.2) is 24.3 Å². The van der Waals surface area contributed by atoms with Crippen LogP contribution >= 0.6 is 11.6 Å². The van der Waals surface area contributed by atoms with Gasteiger partial charge in [-0.15, -0.1) is 0 Å². The van der Waals surface area contributed by atoms with E-state index in [4.69, 9.17) is 16.7 Å². The molecule has 0 heterocycles. The first-order chi connectivity index (χ1) is 9.67. The van der Waals surface area contributed by atoms with Crippen LogP contribution in [0.15, 0.2) is 24.3 Å². The summed E-state index contributed by atoms with van der Waals surface area (Å²) in [7, 11) is 0. The average Bonchev–Trinajstić information content (AvgIpc) is 2.44. The summed E-state index contributed by atoms with van der Waals surface area (Å²) in [6.07, 6.45) is 2.78. The van der Waals surface area contributed by atoms with Gasteiger partial charge in [0.05, 0.1) is 0 Å². The fourth-order valence-electron chi connectivity index (χ4n) is 2.06. The van der Waals surface area contributed by atoms with Crippen molar-refractivity contribution in [2.45, 2.75) is 32.7 Å². The first-order valence-corrected chi connectivity index (χ1v) is 7.41. The number of amides is 2. The molecular weight excluding hydrogens is 276 g/mol. The lowest BCUT2D eigenvalue weighted by molar-refractivity contribution is 0.229. The molecule has 0 aliphatic carbocycles. The second kappa shape index (κ2) is 9.61. The molecule has 1 unspecified atom stereocenters. The Kier molecular flexibility index (Phi) is 8.07. The Labute approximate surface area is 125 Å². The van der Waals surface area contributed by atoms with Gasteiger partial charge in [0.1, 0.15) is 0 Å². The number of nitrogens with one attached hydrogen (secondary N) is 2. The van der Waals surface area contributed by atoms with E-state index in [9.17, 15) is 4.79 Å². The second-order valence-electron chi connectivity index (χ2n) is 4.82. The van der Waals surface area contributed by atoms with E-state index in [0.717, 1.165) is 24.8 Å². The maximum absolute atomic E-state index is 11.7. The summed E-state index contributed by atoms with van der Waals surface area (Å²) in [5.41, 5.74) is 0.893. The fourth-order valence-corrected chi connectivity index (χ4v) is 2.26. The molecular formula is C15H23ClN2O2. The van der Waals surface area contributed by atoms with Gasteiger partial charge in [0.2, 0.25) is 0 Å². The van der Waals surface area contributed by atoms with Gasteiger partial charge in [-0.3, -0.25) is 0 Å². The summed E-state index contributed by atoms with van der Waals surface area (Å²) in [5.74, 6) is 0.330. The van der Waals surface area contributed by atoms with Gasteiger partial charge in [-0.25, -0.2) is 4.79 Å². The summed E-state index contributed by atoms with van der Waals surface area (Å²) in [6, 6.07) is 7.22. The number of aliphatic hydroxyl groups excluding tert-OH is 1. The van der Waals surface area contributed by atoms with Crippen molar-refractivity contribution in [2.75, 3.05) is 13.2 Å². The van der Waals surface area contributed by atoms with E-state index in [0.29, 0.717) is 24.0 Å². The third-order valence-electron chi connectivity index (χ3n) is 3.18. The molecule has 0 saturated heterocycles. The van der Waals surface area contributed by atoms with Crippen molar-refractivity contribution in [1.82, 2.24) is 10.6 Å². The largest absolute Gasteiger partial charge is 0.396 e. The molecule has 0 spiro atoms. The maximum Gasteiger partial charge on any atom is 0.315 e. The molecule has 0 aliphatic rings. The minimum absolute atomic E-state index is 0.160. The highest BCUT2D eigenvalue weighted by atomic mass is 35.5. The van der Waals surface area contributed by atoms with E-state index >= 15 is 0 Å². The predicted molar refractivity (Wildman–Crippen MR) is 81.8 cm³/mol. The van der Waals surface area contributed by atoms with Crippen molar-refractivity contribution >= 4 is 17.6 Å². The van der Waals surface area contributed by atoms with Gasteiger partial charge in [0.15, 0.2) is 0 Å². The van der Waals surface area contributed by atoms with Crippen molar-refractivity contribution in [3.05, 3.63) is 34.9 Å². The molecule has 0 radical (unpaired) electrons. The number of benzene rings is 1. The van der Waals surface area contributed by atoms with E-state index < -0.39 is 0 Å². The number of carbonyl (C=O) groups excluding carboxylic acids is 1. The molecule has 0 bridgehead atoms. The van der Waals surface area contributed by atoms with Gasteiger partial charge in [0, 0.05) is 24.7 Å². The van der Waals surface area contributed by atoms with Crippen molar-refractivity contribution in [1.29, 1.82) is 0 Å². The molecule has 1 aromatic rings. The number of urea groups is 1. The summed E-state index contributed by atoms with van der Waals surface area (Å²) in [6.45, 7) is 3.25. The summed E-state index contributed by atoms with van der Waals surface area (Å²) >= 11 is 6.02. The summed E-state index contributed by atoms with van der Waals surface area (Å²) in [5, 5.41) is 15.2. The van der Waals surface area contributed by atoms with Crippen LogP contribution in [-0.2, 0) is 6.54 Å². The highest BCUT2D eigenvalue weighted by molar-refractivity contribution is 6.31. The van der Waals surface area contributed by atoms with Gasteiger partial charge in [-0.05, 0) is 30.4 Å². The van der Waals surface area contributed by atoms with Crippen LogP contribution in [0, 0.1) is 5.92 Å². The number of carbonyl (C=O) groups is 1. The standard InChI is InChI=1S/C15H23ClN2O2/c1-2-5-12(8-9-19)10-17-15(20)18-11-13-6-3-4-7-14(13)16/h3-4,6-7,12,19H,2,5,8-11H2,1H3,(H2,17,18,20). The summed E-state index contributed by atoms with van der Waals surface area (Å²) in [4.78, 5) is 11.7. The third kappa shape index (κ3) is 6.26. The minimum Gasteiger partial charge on any atom is -0.396 e. The SMILES string of the molecule is CCCC(CCO)CNC(=O)NCc1ccccc1Cl. The first-order valence-electron chi connectivity index (χ1n) is 7.03. The highest BCUT2D eigenvalue weighted by Gasteiger charge is 2.09. The monoisotopic (exact) mass is 298 g/mol. The van der Waals surface area contributed by atoms with Gasteiger partial charge in [0.25, 0.3) is 0 Å². The number of halogens is 1. The average molecular weight is 299 g/mol. The van der Waals surface area contributed by atoms with E-state index in [-0.39, 0.29) is 12.6 Å². The lowest BCUT2D eigenvalue weighted by Gasteiger charge is -2.16. The molecule has 20 heavy (non-hydrogen) atoms. The molecule has 0 aliphatic heterocycles. The fraction of sp³-hybridized carbons (Fsp3) is 0.533. The lowest BCUT2D eigenvalue weighted by Crippen LogP contribution is -2.38. The lowest BCUT2D eigenvalue weighted by atomic mass is 10.0. The van der Waals surface area contributed by atoms with E-state index in [1.807, 2.05) is 18.2 Å². The zero-order chi connectivity index (χ0) is 14.8. The van der Waals surface area contributed by atoms with Crippen molar-refractivity contribution in [2.24, 2.45) is 5.92 Å². The van der Waals surface area contributed by atoms with Crippen molar-refractivity contribution < 1.29 is 9.90 Å². The molecule has 0 fully saturated rings. The van der Waals surface area contributed by atoms with E-state index in [1.165, 1.54) is 0 Å². The molecule has 1 atom stereocenters. The van der Waals surface area contributed by atoms with Crippen LogP contribution in [0.5, 0.6) is 0 Å². The van der Waals surface area contributed by atoms with E-state index in [1.54, 1.807) is 6.07 Å². The zero-order valence-electron chi connectivity index (χ0n) is 11.9. The number of aliphatic hydroxyl groups is 1. The molecule has 4 nitrogen and oxygen atoms in total. The van der Waals surface area contributed by atoms with E-state index in [2.05, 4.69) is 17.6 Å². The summed E-state index contributed by atoms with van der Waals surface area (Å²) < 4.78 is 0. The third-order valence-corrected chi connectivity index (χ3v) is 3.55. The number of rotatable bonds is 8. The Morgan fingerprint density at radius 2 is 2.05 bits per heavy atom. The Morgan fingerprint density at radius 3 is 2.70 bits per heavy atom. The molecule has 0 aromatic heterocycles. The molecule has 2 amide bonds.